The molecule has 4 bridgehead atoms. The number of esters is 1. The number of alkyl carbamates (subject to hydrolysis) is 1. The highest BCUT2D eigenvalue weighted by atomic mass is 35.5. The van der Waals surface area contributed by atoms with E-state index in [1.54, 1.807) is 45.2 Å². The van der Waals surface area contributed by atoms with Gasteiger partial charge in [0.05, 0.1) is 36.5 Å². The molecule has 9 unspecified atom stereocenters. The number of thioether (sulfide) groups is 1. The number of likely N-dealkylation sites (tertiary alicyclic amines) is 1. The maximum Gasteiger partial charge on any atom is 0.409 e. The molecule has 5 fully saturated rings. The van der Waals surface area contributed by atoms with Crippen LogP contribution in [0.1, 0.15) is 118 Å². The predicted octanol–water partition coefficient (Wildman–Crippen LogP) is 5.35. The second-order valence-corrected chi connectivity index (χ2v) is 24.3. The second kappa shape index (κ2) is 23.8. The van der Waals surface area contributed by atoms with Gasteiger partial charge in [-0.3, -0.25) is 39.0 Å². The van der Waals surface area contributed by atoms with Gasteiger partial charge < -0.3 is 43.4 Å². The number of hydrogen-bond acceptors (Lipinski definition) is 17. The van der Waals surface area contributed by atoms with Crippen LogP contribution < -0.4 is 15.0 Å². The van der Waals surface area contributed by atoms with Gasteiger partial charge in [0.25, 0.3) is 11.8 Å². The van der Waals surface area contributed by atoms with Crippen molar-refractivity contribution >= 4 is 82.5 Å². The van der Waals surface area contributed by atoms with Crippen LogP contribution in [-0.2, 0) is 68.6 Å². The maximum atomic E-state index is 14.4. The molecule has 21 nitrogen and oxygen atoms in total. The number of hydroxylamine groups is 2. The summed E-state index contributed by atoms with van der Waals surface area (Å²) in [6.07, 6.45) is 2.52. The molecule has 23 heteroatoms. The number of fused-ring (bicyclic) bond motifs is 5. The normalized spacial score (nSPS) is 31.6. The van der Waals surface area contributed by atoms with Gasteiger partial charge in [0.1, 0.15) is 40.7 Å². The summed E-state index contributed by atoms with van der Waals surface area (Å²) >= 11 is 8.14. The van der Waals surface area contributed by atoms with E-state index in [1.165, 1.54) is 54.7 Å². The van der Waals surface area contributed by atoms with Gasteiger partial charge in [-0.15, -0.1) is 16.8 Å². The molecular formula is C54H72ClN5O16S. The van der Waals surface area contributed by atoms with Crippen molar-refractivity contribution in [2.75, 3.05) is 39.8 Å². The van der Waals surface area contributed by atoms with E-state index in [9.17, 15) is 48.3 Å². The van der Waals surface area contributed by atoms with Gasteiger partial charge in [-0.2, -0.15) is 0 Å². The Morgan fingerprint density at radius 3 is 2.34 bits per heavy atom. The summed E-state index contributed by atoms with van der Waals surface area (Å²) in [6.45, 7) is 10.8. The molecule has 1 aromatic carbocycles. The largest absolute Gasteiger partial charge is 0.495 e. The van der Waals surface area contributed by atoms with Crippen molar-refractivity contribution in [2.45, 2.75) is 170 Å². The van der Waals surface area contributed by atoms with E-state index in [4.69, 9.17) is 40.1 Å². The minimum atomic E-state index is -1.89. The van der Waals surface area contributed by atoms with Gasteiger partial charge in [0, 0.05) is 70.5 Å². The highest BCUT2D eigenvalue weighted by Crippen LogP contribution is 2.49. The van der Waals surface area contributed by atoms with Crippen molar-refractivity contribution in [2.24, 2.45) is 17.8 Å². The minimum Gasteiger partial charge on any atom is -0.495 e. The number of carbonyl (C=O) groups excluding carboxylic acids is 9. The smallest absolute Gasteiger partial charge is 0.409 e. The number of aliphatic hydroxyl groups is 1. The fourth-order valence-electron chi connectivity index (χ4n) is 10.8. The van der Waals surface area contributed by atoms with Crippen molar-refractivity contribution in [1.82, 2.24) is 20.2 Å². The monoisotopic (exact) mass is 1110 g/mol. The number of nitrogens with one attached hydrogen (secondary N) is 1. The standard InChI is InChI=1S/C54H72ClN5O16S/c1-29-12-11-13-39(72-10)54(70)27-37(73-51(69)56-54)30(2)47-53(6,75-47)40(26-44(64)58(8)35-23-33(22-29)24-36(71-9)46(35)55)74-49(67)31(3)57(7)41(61)20-21-52(4,5)77-38-25-45(65)59(48(38)66)28-32-14-16-34(17-15-32)50(68)76-60-42(62)18-19-43(60)63/h11-13,23-24,30-32,34,37-40,47,70H,14-22,25-28H2,1-10H3,(H,56,69)/b13-11+,29-12+. The number of rotatable bonds is 14. The van der Waals surface area contributed by atoms with E-state index >= 15 is 0 Å². The number of allylic oxidation sites excluding steroid dienone is 3. The van der Waals surface area contributed by atoms with Crippen LogP contribution in [0.3, 0.4) is 0 Å². The number of hydrogen-bond donors (Lipinski definition) is 2. The average Bonchev–Trinajstić information content (AvgIpc) is 3.99. The molecule has 0 radical (unpaired) electrons. The Morgan fingerprint density at radius 1 is 1.01 bits per heavy atom. The van der Waals surface area contributed by atoms with Crippen molar-refractivity contribution < 1.29 is 76.8 Å². The Bertz CT molecular complexity index is 2570. The van der Waals surface area contributed by atoms with Gasteiger partial charge in [-0.05, 0) is 82.9 Å². The van der Waals surface area contributed by atoms with E-state index in [1.807, 2.05) is 26.8 Å². The molecule has 7 amide bonds. The van der Waals surface area contributed by atoms with Gasteiger partial charge in [0.15, 0.2) is 5.72 Å². The lowest BCUT2D eigenvalue weighted by molar-refractivity contribution is -0.201. The van der Waals surface area contributed by atoms with E-state index < -0.39 is 112 Å². The number of likely N-dealkylation sites (N-methyl/N-ethyl adjacent to an activating group) is 1. The fourth-order valence-corrected chi connectivity index (χ4v) is 12.6. The maximum absolute atomic E-state index is 14.4. The van der Waals surface area contributed by atoms with Crippen LogP contribution in [0.15, 0.2) is 35.9 Å². The van der Waals surface area contributed by atoms with Crippen LogP contribution in [0.4, 0.5) is 10.5 Å². The van der Waals surface area contributed by atoms with E-state index in [-0.39, 0.29) is 67.8 Å². The number of amides is 7. The summed E-state index contributed by atoms with van der Waals surface area (Å²) in [5, 5.41) is 14.4. The number of anilines is 1. The molecule has 6 aliphatic rings. The molecule has 0 aromatic heterocycles. The molecule has 0 spiro atoms. The zero-order valence-corrected chi connectivity index (χ0v) is 47.0. The summed E-state index contributed by atoms with van der Waals surface area (Å²) in [7, 11) is 5.89. The SMILES string of the molecule is COc1cc2cc(c1Cl)N(C)C(=O)CC(OC(=O)C(C)N(C)C(=O)CCC(C)(C)SC1CC(=O)N(CC3CCC(C(=O)ON4C(=O)CCC4=O)CC3)C1=O)C1(C)OC1C(C)C1CC(O)(NC(=O)O1)C(OC)/C=C/C=C(\C)C2. The highest BCUT2D eigenvalue weighted by molar-refractivity contribution is 8.02. The fraction of sp³-hybridized carbons (Fsp3) is 0.648. The number of imide groups is 2. The lowest BCUT2D eigenvalue weighted by Crippen LogP contribution is -2.63. The number of methoxy groups -OCH3 is 2. The molecule has 1 saturated carbocycles. The Labute approximate surface area is 457 Å². The summed E-state index contributed by atoms with van der Waals surface area (Å²) in [4.78, 5) is 128. The van der Waals surface area contributed by atoms with E-state index in [0.29, 0.717) is 48.6 Å². The molecule has 5 aliphatic heterocycles. The zero-order chi connectivity index (χ0) is 56.5. The quantitative estimate of drug-likeness (QED) is 0.135. The van der Waals surface area contributed by atoms with Gasteiger partial charge in [-0.1, -0.05) is 56.2 Å². The van der Waals surface area contributed by atoms with Crippen LogP contribution in [-0.4, -0.2) is 160 Å². The van der Waals surface area contributed by atoms with Crippen LogP contribution in [0, 0.1) is 17.8 Å². The molecule has 9 atom stereocenters. The third kappa shape index (κ3) is 13.3. The Kier molecular flexibility index (Phi) is 18.3. The molecule has 1 aliphatic carbocycles. The molecule has 77 heavy (non-hydrogen) atoms. The lowest BCUT2D eigenvalue weighted by atomic mass is 9.82. The first kappa shape index (κ1) is 59.1. The molecule has 4 saturated heterocycles. The number of benzene rings is 1. The molecular weight excluding hydrogens is 1040 g/mol. The minimum absolute atomic E-state index is 0.00150. The first-order valence-corrected chi connectivity index (χ1v) is 27.4. The first-order chi connectivity index (χ1) is 36.2. The topological polar surface area (TPSA) is 258 Å². The number of nitrogens with zero attached hydrogens (tertiary/aromatic N) is 4. The molecule has 1 aromatic rings. The molecule has 5 heterocycles. The Hall–Kier alpha value is -5.55. The van der Waals surface area contributed by atoms with Crippen LogP contribution in [0.2, 0.25) is 5.02 Å². The second-order valence-electron chi connectivity index (χ2n) is 22.0. The van der Waals surface area contributed by atoms with Gasteiger partial charge >= 0.3 is 18.0 Å². The Morgan fingerprint density at radius 2 is 1.69 bits per heavy atom. The zero-order valence-electron chi connectivity index (χ0n) is 45.4. The number of epoxide rings is 1. The summed E-state index contributed by atoms with van der Waals surface area (Å²) in [5.41, 5.74) is -1.21. The van der Waals surface area contributed by atoms with Crippen molar-refractivity contribution in [3.05, 3.63) is 46.5 Å². The van der Waals surface area contributed by atoms with E-state index in [2.05, 4.69) is 5.32 Å². The third-order valence-electron chi connectivity index (χ3n) is 15.9. The van der Waals surface area contributed by atoms with Crippen LogP contribution >= 0.6 is 23.4 Å². The number of ether oxygens (including phenoxy) is 5. The number of carbonyl (C=O) groups is 9. The van der Waals surface area contributed by atoms with Crippen molar-refractivity contribution in [3.8, 4) is 5.75 Å². The van der Waals surface area contributed by atoms with Crippen molar-refractivity contribution in [1.29, 1.82) is 0 Å². The van der Waals surface area contributed by atoms with Crippen LogP contribution in [0.25, 0.3) is 0 Å². The average molecular weight is 1110 g/mol. The highest BCUT2D eigenvalue weighted by Gasteiger charge is 2.64. The molecule has 422 valence electrons. The molecule has 7 rings (SSSR count). The predicted molar refractivity (Wildman–Crippen MR) is 280 cm³/mol. The van der Waals surface area contributed by atoms with Crippen molar-refractivity contribution in [3.63, 3.8) is 0 Å². The number of halogens is 1. The summed E-state index contributed by atoms with van der Waals surface area (Å²) < 4.78 is 28.9. The molecule has 2 N–H and O–H groups in total. The Balaban J connectivity index is 0.990. The van der Waals surface area contributed by atoms with E-state index in [0.717, 1.165) is 11.1 Å². The lowest BCUT2D eigenvalue weighted by Gasteiger charge is -2.42. The summed E-state index contributed by atoms with van der Waals surface area (Å²) in [6, 6.07) is 2.39. The van der Waals surface area contributed by atoms with Gasteiger partial charge in [-0.25, -0.2) is 14.4 Å². The first-order valence-electron chi connectivity index (χ1n) is 26.1. The van der Waals surface area contributed by atoms with Crippen LogP contribution in [0.5, 0.6) is 5.75 Å². The van der Waals surface area contributed by atoms with Gasteiger partial charge in [0.2, 0.25) is 23.6 Å². The third-order valence-corrected chi connectivity index (χ3v) is 17.8. The summed E-state index contributed by atoms with van der Waals surface area (Å²) in [5.74, 6) is -4.90.